The van der Waals surface area contributed by atoms with Crippen LogP contribution in [0.1, 0.15) is 11.4 Å². The maximum atomic E-state index is 12.3. The second-order valence-electron chi connectivity index (χ2n) is 5.25. The van der Waals surface area contributed by atoms with E-state index in [2.05, 4.69) is 20.5 Å². The van der Waals surface area contributed by atoms with Crippen LogP contribution in [0.15, 0.2) is 42.5 Å². The predicted molar refractivity (Wildman–Crippen MR) is 95.4 cm³/mol. The zero-order valence-electron chi connectivity index (χ0n) is 12.8. The number of amides is 1. The third-order valence-electron chi connectivity index (χ3n) is 3.40. The number of nitrogens with one attached hydrogen (secondary N) is 2. The quantitative estimate of drug-likeness (QED) is 0.729. The predicted octanol–water partition coefficient (Wildman–Crippen LogP) is 4.27. The minimum absolute atomic E-state index is 0.0997. The molecule has 0 bridgehead atoms. The van der Waals surface area contributed by atoms with Gasteiger partial charge in [-0.3, -0.25) is 9.89 Å². The molecule has 0 atom stereocenters. The van der Waals surface area contributed by atoms with Crippen LogP contribution < -0.4 is 5.32 Å². The first-order valence-corrected chi connectivity index (χ1v) is 8.00. The lowest BCUT2D eigenvalue weighted by molar-refractivity contribution is -0.115. The molecule has 0 fully saturated rings. The fourth-order valence-electron chi connectivity index (χ4n) is 2.27. The zero-order chi connectivity index (χ0) is 17.1. The maximum absolute atomic E-state index is 12.3. The van der Waals surface area contributed by atoms with E-state index in [9.17, 15) is 4.79 Å². The molecule has 0 aliphatic heterocycles. The summed E-state index contributed by atoms with van der Waals surface area (Å²) in [6.45, 7) is 1.83. The number of hydrogen-bond donors (Lipinski definition) is 2. The molecule has 3 rings (SSSR count). The average Bonchev–Trinajstić information content (AvgIpc) is 2.98. The van der Waals surface area contributed by atoms with E-state index in [0.717, 1.165) is 11.4 Å². The topological polar surface area (TPSA) is 70.7 Å². The first-order chi connectivity index (χ1) is 11.5. The number of aromatic amines is 1. The normalized spacial score (nSPS) is 10.6. The molecule has 0 saturated carbocycles. The number of nitrogens with zero attached hydrogens (tertiary/aromatic N) is 2. The van der Waals surface area contributed by atoms with E-state index in [1.807, 2.05) is 25.1 Å². The van der Waals surface area contributed by atoms with Crippen LogP contribution in [0, 0.1) is 6.92 Å². The molecule has 2 aromatic carbocycles. The molecule has 2 N–H and O–H groups in total. The molecule has 0 aliphatic carbocycles. The Kier molecular flexibility index (Phi) is 4.83. The fraction of sp³-hybridized carbons (Fsp3) is 0.118. The van der Waals surface area contributed by atoms with Gasteiger partial charge in [0.15, 0.2) is 5.82 Å². The lowest BCUT2D eigenvalue weighted by Gasteiger charge is -2.09. The second-order valence-corrected chi connectivity index (χ2v) is 6.06. The minimum atomic E-state index is -0.201. The second kappa shape index (κ2) is 7.03. The molecule has 3 aromatic rings. The molecule has 1 aromatic heterocycles. The Labute approximate surface area is 149 Å². The van der Waals surface area contributed by atoms with Gasteiger partial charge >= 0.3 is 0 Å². The van der Waals surface area contributed by atoms with E-state index in [4.69, 9.17) is 23.2 Å². The number of aromatic nitrogens is 3. The number of benzene rings is 2. The van der Waals surface area contributed by atoms with E-state index in [-0.39, 0.29) is 12.3 Å². The summed E-state index contributed by atoms with van der Waals surface area (Å²) in [4.78, 5) is 16.6. The monoisotopic (exact) mass is 360 g/mol. The molecule has 1 amide bonds. The summed E-state index contributed by atoms with van der Waals surface area (Å²) in [7, 11) is 0. The molecule has 0 aliphatic rings. The number of rotatable bonds is 4. The Morgan fingerprint density at radius 3 is 2.54 bits per heavy atom. The third kappa shape index (κ3) is 3.75. The Morgan fingerprint density at radius 2 is 1.88 bits per heavy atom. The minimum Gasteiger partial charge on any atom is -0.326 e. The van der Waals surface area contributed by atoms with Crippen LogP contribution in [0.5, 0.6) is 0 Å². The van der Waals surface area contributed by atoms with Crippen molar-refractivity contribution in [3.05, 3.63) is 63.9 Å². The third-order valence-corrected chi connectivity index (χ3v) is 4.11. The summed E-state index contributed by atoms with van der Waals surface area (Å²) in [6.07, 6.45) is 0.0997. The fourth-order valence-corrected chi connectivity index (χ4v) is 2.81. The number of aryl methyl sites for hydroxylation is 1. The molecule has 0 saturated heterocycles. The number of halogens is 2. The lowest BCUT2D eigenvalue weighted by Crippen LogP contribution is -2.15. The lowest BCUT2D eigenvalue weighted by atomic mass is 10.1. The van der Waals surface area contributed by atoms with Gasteiger partial charge in [-0.05, 0) is 36.8 Å². The number of anilines is 1. The summed E-state index contributed by atoms with van der Waals surface area (Å²) in [5.41, 5.74) is 2.08. The van der Waals surface area contributed by atoms with Crippen LogP contribution in [-0.4, -0.2) is 21.1 Å². The van der Waals surface area contributed by atoms with Gasteiger partial charge in [0.05, 0.1) is 6.42 Å². The molecule has 24 heavy (non-hydrogen) atoms. The molecule has 0 spiro atoms. The first-order valence-electron chi connectivity index (χ1n) is 7.25. The summed E-state index contributed by atoms with van der Waals surface area (Å²) < 4.78 is 0. The van der Waals surface area contributed by atoms with Crippen molar-refractivity contribution in [1.82, 2.24) is 15.2 Å². The van der Waals surface area contributed by atoms with Crippen molar-refractivity contribution >= 4 is 34.8 Å². The zero-order valence-corrected chi connectivity index (χ0v) is 14.3. The van der Waals surface area contributed by atoms with Crippen molar-refractivity contribution in [2.24, 2.45) is 0 Å². The van der Waals surface area contributed by atoms with Crippen molar-refractivity contribution in [1.29, 1.82) is 0 Å². The van der Waals surface area contributed by atoms with E-state index in [1.165, 1.54) is 0 Å². The Morgan fingerprint density at radius 1 is 1.17 bits per heavy atom. The summed E-state index contributed by atoms with van der Waals surface area (Å²) >= 11 is 12.2. The summed E-state index contributed by atoms with van der Waals surface area (Å²) in [6, 6.07) is 12.5. The standard InChI is InChI=1S/C17H14Cl2N4O/c1-10-20-17(23-22-10)11-4-2-5-12(8-11)21-16(24)9-13-14(18)6-3-7-15(13)19/h2-8H,9H2,1H3,(H,21,24)(H,20,22,23). The highest BCUT2D eigenvalue weighted by atomic mass is 35.5. The highest BCUT2D eigenvalue weighted by Gasteiger charge is 2.12. The van der Waals surface area contributed by atoms with E-state index >= 15 is 0 Å². The summed E-state index contributed by atoms with van der Waals surface area (Å²) in [5, 5.41) is 10.7. The molecular formula is C17H14Cl2N4O. The van der Waals surface area contributed by atoms with Gasteiger partial charge in [0.2, 0.25) is 5.91 Å². The molecule has 0 radical (unpaired) electrons. The van der Waals surface area contributed by atoms with Gasteiger partial charge < -0.3 is 5.32 Å². The number of hydrogen-bond acceptors (Lipinski definition) is 3. The Bertz CT molecular complexity index is 872. The van der Waals surface area contributed by atoms with Crippen LogP contribution in [0.2, 0.25) is 10.0 Å². The number of carbonyl (C=O) groups excluding carboxylic acids is 1. The van der Waals surface area contributed by atoms with Gasteiger partial charge in [0.1, 0.15) is 5.82 Å². The van der Waals surface area contributed by atoms with Crippen molar-refractivity contribution in [3.63, 3.8) is 0 Å². The molecule has 122 valence electrons. The van der Waals surface area contributed by atoms with Gasteiger partial charge in [-0.1, -0.05) is 41.4 Å². The number of carbonyl (C=O) groups is 1. The van der Waals surface area contributed by atoms with Crippen molar-refractivity contribution in [2.45, 2.75) is 13.3 Å². The van der Waals surface area contributed by atoms with Crippen LogP contribution in [0.25, 0.3) is 11.4 Å². The summed E-state index contributed by atoms with van der Waals surface area (Å²) in [5.74, 6) is 1.11. The van der Waals surface area contributed by atoms with Crippen LogP contribution in [0.4, 0.5) is 5.69 Å². The highest BCUT2D eigenvalue weighted by Crippen LogP contribution is 2.25. The highest BCUT2D eigenvalue weighted by molar-refractivity contribution is 6.36. The molecule has 0 unspecified atom stereocenters. The van der Waals surface area contributed by atoms with Crippen molar-refractivity contribution in [3.8, 4) is 11.4 Å². The molecule has 5 nitrogen and oxygen atoms in total. The molecule has 1 heterocycles. The van der Waals surface area contributed by atoms with Crippen LogP contribution in [0.3, 0.4) is 0 Å². The van der Waals surface area contributed by atoms with Gasteiger partial charge in [-0.2, -0.15) is 5.10 Å². The van der Waals surface area contributed by atoms with Gasteiger partial charge in [0.25, 0.3) is 0 Å². The van der Waals surface area contributed by atoms with E-state index in [0.29, 0.717) is 27.1 Å². The van der Waals surface area contributed by atoms with Crippen LogP contribution >= 0.6 is 23.2 Å². The molecular weight excluding hydrogens is 347 g/mol. The van der Waals surface area contributed by atoms with Gasteiger partial charge in [-0.25, -0.2) is 4.98 Å². The van der Waals surface area contributed by atoms with Crippen molar-refractivity contribution < 1.29 is 4.79 Å². The largest absolute Gasteiger partial charge is 0.326 e. The van der Waals surface area contributed by atoms with Crippen molar-refractivity contribution in [2.75, 3.05) is 5.32 Å². The number of H-pyrrole nitrogens is 1. The first kappa shape index (κ1) is 16.5. The molecule has 7 heteroatoms. The SMILES string of the molecule is Cc1nc(-c2cccc(NC(=O)Cc3c(Cl)cccc3Cl)c2)n[nH]1. The van der Waals surface area contributed by atoms with Gasteiger partial charge in [-0.15, -0.1) is 0 Å². The van der Waals surface area contributed by atoms with E-state index < -0.39 is 0 Å². The smallest absolute Gasteiger partial charge is 0.228 e. The van der Waals surface area contributed by atoms with Crippen LogP contribution in [-0.2, 0) is 11.2 Å². The average molecular weight is 361 g/mol. The Balaban J connectivity index is 1.75. The van der Waals surface area contributed by atoms with E-state index in [1.54, 1.807) is 24.3 Å². The van der Waals surface area contributed by atoms with Gasteiger partial charge in [0, 0.05) is 21.3 Å². The Hall–Kier alpha value is -2.37. The maximum Gasteiger partial charge on any atom is 0.228 e.